The number of halogens is 1. The van der Waals surface area contributed by atoms with Gasteiger partial charge in [-0.15, -0.1) is 11.6 Å². The number of alkyl halides is 1. The monoisotopic (exact) mass is 265 g/mol. The van der Waals surface area contributed by atoms with Crippen LogP contribution in [0.1, 0.15) is 40.6 Å². The van der Waals surface area contributed by atoms with Crippen molar-refractivity contribution in [1.29, 1.82) is 0 Å². The number of hydrogen-bond donors (Lipinski definition) is 1. The number of carbonyl (C=O) groups is 1. The average Bonchev–Trinajstić information content (AvgIpc) is 3.18. The Morgan fingerprint density at radius 3 is 3.06 bits per heavy atom. The summed E-state index contributed by atoms with van der Waals surface area (Å²) in [7, 11) is 0. The van der Waals surface area contributed by atoms with Crippen LogP contribution < -0.4 is 10.1 Å². The summed E-state index contributed by atoms with van der Waals surface area (Å²) in [6.45, 7) is 1.07. The molecule has 3 rings (SSSR count). The molecule has 4 heteroatoms. The van der Waals surface area contributed by atoms with Crippen LogP contribution in [0.25, 0.3) is 0 Å². The van der Waals surface area contributed by atoms with E-state index in [-0.39, 0.29) is 11.3 Å². The normalized spacial score (nSPS) is 20.4. The number of fused-ring (bicyclic) bond motifs is 1. The van der Waals surface area contributed by atoms with Gasteiger partial charge in [-0.1, -0.05) is 18.9 Å². The first-order chi connectivity index (χ1) is 8.74. The van der Waals surface area contributed by atoms with E-state index in [1.54, 1.807) is 0 Å². The van der Waals surface area contributed by atoms with E-state index in [1.807, 2.05) is 18.2 Å². The summed E-state index contributed by atoms with van der Waals surface area (Å²) in [5.74, 6) is 1.36. The minimum Gasteiger partial charge on any atom is -0.491 e. The maximum atomic E-state index is 11.9. The summed E-state index contributed by atoms with van der Waals surface area (Å²) >= 11 is 6.40. The number of benzene rings is 1. The molecule has 96 valence electrons. The van der Waals surface area contributed by atoms with E-state index in [0.29, 0.717) is 24.5 Å². The maximum Gasteiger partial charge on any atom is 0.255 e. The quantitative estimate of drug-likeness (QED) is 0.854. The second kappa shape index (κ2) is 4.81. The molecule has 1 aromatic rings. The number of ether oxygens (including phenoxy) is 1. The third kappa shape index (κ3) is 2.46. The second-order valence-corrected chi connectivity index (χ2v) is 5.53. The summed E-state index contributed by atoms with van der Waals surface area (Å²) in [5, 5.41) is 2.81. The zero-order valence-corrected chi connectivity index (χ0v) is 10.9. The molecule has 3 nitrogen and oxygen atoms in total. The fraction of sp³-hybridized carbons (Fsp3) is 0.500. The number of amides is 1. The molecule has 1 unspecified atom stereocenters. The first-order valence-electron chi connectivity index (χ1n) is 6.43. The van der Waals surface area contributed by atoms with Gasteiger partial charge >= 0.3 is 0 Å². The predicted octanol–water partition coefficient (Wildman–Crippen LogP) is 2.89. The van der Waals surface area contributed by atoms with Gasteiger partial charge in [-0.2, -0.15) is 0 Å². The Morgan fingerprint density at radius 2 is 2.28 bits per heavy atom. The highest BCUT2D eigenvalue weighted by atomic mass is 35.5. The Kier molecular flexibility index (Phi) is 3.16. The summed E-state index contributed by atoms with van der Waals surface area (Å²) in [6.07, 6.45) is 3.58. The van der Waals surface area contributed by atoms with Gasteiger partial charge in [0.2, 0.25) is 0 Å². The molecule has 0 aromatic heterocycles. The molecule has 0 radical (unpaired) electrons. The topological polar surface area (TPSA) is 38.3 Å². The molecular weight excluding hydrogens is 250 g/mol. The van der Waals surface area contributed by atoms with Crippen molar-refractivity contribution in [3.05, 3.63) is 29.3 Å². The summed E-state index contributed by atoms with van der Waals surface area (Å²) < 4.78 is 5.52. The largest absolute Gasteiger partial charge is 0.491 e. The molecule has 1 amide bonds. The Balaban J connectivity index is 1.85. The van der Waals surface area contributed by atoms with Gasteiger partial charge in [-0.3, -0.25) is 4.79 Å². The van der Waals surface area contributed by atoms with Crippen molar-refractivity contribution >= 4 is 17.5 Å². The number of nitrogens with one attached hydrogen (secondary N) is 1. The molecule has 1 aliphatic heterocycles. The summed E-state index contributed by atoms with van der Waals surface area (Å²) in [4.78, 5) is 11.9. The van der Waals surface area contributed by atoms with Crippen molar-refractivity contribution in [1.82, 2.24) is 5.32 Å². The Bertz CT molecular complexity index is 471. The maximum absolute atomic E-state index is 11.9. The van der Waals surface area contributed by atoms with Crippen molar-refractivity contribution in [3.63, 3.8) is 0 Å². The second-order valence-electron chi connectivity index (χ2n) is 5.01. The molecule has 2 aliphatic rings. The molecule has 0 saturated heterocycles. The van der Waals surface area contributed by atoms with Crippen molar-refractivity contribution in [2.75, 3.05) is 13.2 Å². The standard InChI is InChI=1S/C14H16ClNO2/c15-12(7-9-1-2-9)10-3-4-13-11(8-10)14(17)16-5-6-18-13/h3-4,8-9,12H,1-2,5-7H2,(H,16,17). The fourth-order valence-corrected chi connectivity index (χ4v) is 2.64. The van der Waals surface area contributed by atoms with E-state index in [0.717, 1.165) is 17.9 Å². The lowest BCUT2D eigenvalue weighted by Gasteiger charge is -2.12. The number of carbonyl (C=O) groups excluding carboxylic acids is 1. The van der Waals surface area contributed by atoms with Crippen molar-refractivity contribution in [2.24, 2.45) is 5.92 Å². The zero-order valence-electron chi connectivity index (χ0n) is 10.1. The Labute approximate surface area is 111 Å². The van der Waals surface area contributed by atoms with Crippen LogP contribution in [-0.2, 0) is 0 Å². The van der Waals surface area contributed by atoms with Crippen LogP contribution in [0.4, 0.5) is 0 Å². The van der Waals surface area contributed by atoms with E-state index in [9.17, 15) is 4.79 Å². The molecule has 18 heavy (non-hydrogen) atoms. The molecule has 1 fully saturated rings. The highest BCUT2D eigenvalue weighted by molar-refractivity contribution is 6.20. The van der Waals surface area contributed by atoms with Crippen LogP contribution in [-0.4, -0.2) is 19.1 Å². The Hall–Kier alpha value is -1.22. The lowest BCUT2D eigenvalue weighted by atomic mass is 10.0. The Morgan fingerprint density at radius 1 is 1.44 bits per heavy atom. The lowest BCUT2D eigenvalue weighted by Crippen LogP contribution is -2.24. The molecule has 1 N–H and O–H groups in total. The van der Waals surface area contributed by atoms with Gasteiger partial charge in [0.15, 0.2) is 0 Å². The van der Waals surface area contributed by atoms with E-state index >= 15 is 0 Å². The van der Waals surface area contributed by atoms with Crippen molar-refractivity contribution in [2.45, 2.75) is 24.6 Å². The van der Waals surface area contributed by atoms with Gasteiger partial charge in [0.05, 0.1) is 17.5 Å². The van der Waals surface area contributed by atoms with Gasteiger partial charge in [-0.25, -0.2) is 0 Å². The van der Waals surface area contributed by atoms with Crippen LogP contribution in [0.5, 0.6) is 5.75 Å². The SMILES string of the molecule is O=C1NCCOc2ccc(C(Cl)CC3CC3)cc21. The zero-order chi connectivity index (χ0) is 12.5. The highest BCUT2D eigenvalue weighted by Gasteiger charge is 2.26. The van der Waals surface area contributed by atoms with E-state index in [4.69, 9.17) is 16.3 Å². The van der Waals surface area contributed by atoms with Crippen LogP contribution in [0.15, 0.2) is 18.2 Å². The third-order valence-corrected chi connectivity index (χ3v) is 3.92. The molecule has 1 atom stereocenters. The highest BCUT2D eigenvalue weighted by Crippen LogP contribution is 2.41. The predicted molar refractivity (Wildman–Crippen MR) is 70.2 cm³/mol. The van der Waals surface area contributed by atoms with Crippen LogP contribution >= 0.6 is 11.6 Å². The molecule has 0 bridgehead atoms. The van der Waals surface area contributed by atoms with Gasteiger partial charge in [0, 0.05) is 0 Å². The molecule has 0 spiro atoms. The summed E-state index contributed by atoms with van der Waals surface area (Å²) in [6, 6.07) is 5.70. The van der Waals surface area contributed by atoms with Gasteiger partial charge in [0.25, 0.3) is 5.91 Å². The molecule has 1 aromatic carbocycles. The van der Waals surface area contributed by atoms with Gasteiger partial charge in [0.1, 0.15) is 12.4 Å². The average molecular weight is 266 g/mol. The molecule has 1 aliphatic carbocycles. The molecule has 1 heterocycles. The lowest BCUT2D eigenvalue weighted by molar-refractivity contribution is 0.0957. The minimum absolute atomic E-state index is 0.00106. The first-order valence-corrected chi connectivity index (χ1v) is 6.86. The fourth-order valence-electron chi connectivity index (χ4n) is 2.25. The van der Waals surface area contributed by atoms with Crippen LogP contribution in [0.3, 0.4) is 0 Å². The van der Waals surface area contributed by atoms with Gasteiger partial charge in [-0.05, 0) is 30.0 Å². The third-order valence-electron chi connectivity index (χ3n) is 3.49. The first kappa shape index (κ1) is 11.8. The van der Waals surface area contributed by atoms with Gasteiger partial charge < -0.3 is 10.1 Å². The molecule has 1 saturated carbocycles. The summed E-state index contributed by atoms with van der Waals surface area (Å²) in [5.41, 5.74) is 1.62. The number of rotatable bonds is 3. The van der Waals surface area contributed by atoms with Crippen molar-refractivity contribution in [3.8, 4) is 5.75 Å². The van der Waals surface area contributed by atoms with Crippen LogP contribution in [0.2, 0.25) is 0 Å². The minimum atomic E-state index is -0.0698. The molecular formula is C14H16ClNO2. The van der Waals surface area contributed by atoms with E-state index < -0.39 is 0 Å². The van der Waals surface area contributed by atoms with E-state index in [2.05, 4.69) is 5.32 Å². The smallest absolute Gasteiger partial charge is 0.255 e. The van der Waals surface area contributed by atoms with Crippen LogP contribution in [0, 0.1) is 5.92 Å². The number of hydrogen-bond acceptors (Lipinski definition) is 2. The van der Waals surface area contributed by atoms with E-state index in [1.165, 1.54) is 12.8 Å². The van der Waals surface area contributed by atoms with Crippen molar-refractivity contribution < 1.29 is 9.53 Å².